The number of tetrazole rings is 1. The van der Waals surface area contributed by atoms with Crippen molar-refractivity contribution in [3.8, 4) is 0 Å². The van der Waals surface area contributed by atoms with Gasteiger partial charge in [-0.3, -0.25) is 4.79 Å². The standard InChI is InChI=1S/C17H21ClFN5O/c1-9(24-16(17(2,3)4)21-22-23-24)15(25)20-13-8-10(13)14-11(18)6-5-7-12(14)19/h5-7,9-10,13H,8H2,1-4H3,(H,20,25)/t9?,10-,13-/m1/s1. The molecule has 0 radical (unpaired) electrons. The molecule has 0 bridgehead atoms. The molecule has 1 aliphatic carbocycles. The number of benzene rings is 1. The lowest BCUT2D eigenvalue weighted by Gasteiger charge is -2.20. The fourth-order valence-corrected chi connectivity index (χ4v) is 3.20. The smallest absolute Gasteiger partial charge is 0.244 e. The van der Waals surface area contributed by atoms with Crippen LogP contribution in [0, 0.1) is 5.82 Å². The largest absolute Gasteiger partial charge is 0.351 e. The van der Waals surface area contributed by atoms with Crippen LogP contribution in [0.5, 0.6) is 0 Å². The normalized spacial score (nSPS) is 21.0. The van der Waals surface area contributed by atoms with E-state index in [0.29, 0.717) is 22.8 Å². The molecule has 2 aromatic rings. The Morgan fingerprint density at radius 1 is 1.44 bits per heavy atom. The molecule has 0 spiro atoms. The maximum Gasteiger partial charge on any atom is 0.244 e. The molecule has 25 heavy (non-hydrogen) atoms. The number of rotatable bonds is 4. The van der Waals surface area contributed by atoms with Gasteiger partial charge in [-0.15, -0.1) is 5.10 Å². The Kier molecular flexibility index (Phi) is 4.53. The minimum atomic E-state index is -0.554. The Balaban J connectivity index is 1.69. The van der Waals surface area contributed by atoms with Crippen molar-refractivity contribution >= 4 is 17.5 Å². The third-order valence-corrected chi connectivity index (χ3v) is 4.73. The van der Waals surface area contributed by atoms with Crippen molar-refractivity contribution in [1.29, 1.82) is 0 Å². The number of hydrogen-bond acceptors (Lipinski definition) is 4. The number of halogens is 2. The van der Waals surface area contributed by atoms with Crippen LogP contribution in [0.1, 0.15) is 57.5 Å². The first kappa shape index (κ1) is 17.8. The lowest BCUT2D eigenvalue weighted by atomic mass is 9.95. The zero-order chi connectivity index (χ0) is 18.4. The van der Waals surface area contributed by atoms with Crippen LogP contribution in [-0.4, -0.2) is 32.2 Å². The van der Waals surface area contributed by atoms with E-state index in [2.05, 4.69) is 20.8 Å². The van der Waals surface area contributed by atoms with Crippen LogP contribution < -0.4 is 5.32 Å². The summed E-state index contributed by atoms with van der Waals surface area (Å²) in [4.78, 5) is 12.6. The van der Waals surface area contributed by atoms with Crippen LogP contribution in [0.3, 0.4) is 0 Å². The van der Waals surface area contributed by atoms with Crippen molar-refractivity contribution in [2.24, 2.45) is 0 Å². The molecule has 1 heterocycles. The first-order chi connectivity index (χ1) is 11.7. The van der Waals surface area contributed by atoms with Crippen LogP contribution in [-0.2, 0) is 10.2 Å². The topological polar surface area (TPSA) is 72.7 Å². The second-order valence-electron chi connectivity index (χ2n) is 7.47. The van der Waals surface area contributed by atoms with Crippen molar-refractivity contribution in [2.75, 3.05) is 0 Å². The van der Waals surface area contributed by atoms with E-state index in [4.69, 9.17) is 11.6 Å². The summed E-state index contributed by atoms with van der Waals surface area (Å²) in [7, 11) is 0. The van der Waals surface area contributed by atoms with Gasteiger partial charge in [0, 0.05) is 28.0 Å². The van der Waals surface area contributed by atoms with E-state index in [9.17, 15) is 9.18 Å². The monoisotopic (exact) mass is 365 g/mol. The summed E-state index contributed by atoms with van der Waals surface area (Å²) in [5, 5.41) is 15.0. The SMILES string of the molecule is CC(C(=O)N[C@@H]1C[C@H]1c1c(F)cccc1Cl)n1nnnc1C(C)(C)C. The Hall–Kier alpha value is -2.02. The summed E-state index contributed by atoms with van der Waals surface area (Å²) in [5.74, 6) is 0.0102. The molecule has 3 rings (SSSR count). The van der Waals surface area contributed by atoms with E-state index in [1.54, 1.807) is 19.1 Å². The van der Waals surface area contributed by atoms with Gasteiger partial charge in [0.2, 0.25) is 5.91 Å². The number of carbonyl (C=O) groups excluding carboxylic acids is 1. The van der Waals surface area contributed by atoms with Crippen molar-refractivity contribution in [1.82, 2.24) is 25.5 Å². The van der Waals surface area contributed by atoms with Gasteiger partial charge in [0.25, 0.3) is 0 Å². The molecule has 1 fully saturated rings. The van der Waals surface area contributed by atoms with Gasteiger partial charge in [0.15, 0.2) is 5.82 Å². The summed E-state index contributed by atoms with van der Waals surface area (Å²) in [6, 6.07) is 3.94. The first-order valence-electron chi connectivity index (χ1n) is 8.22. The maximum absolute atomic E-state index is 14.0. The highest BCUT2D eigenvalue weighted by molar-refractivity contribution is 6.31. The number of amides is 1. The van der Waals surface area contributed by atoms with Crippen molar-refractivity contribution in [3.05, 3.63) is 40.4 Å². The highest BCUT2D eigenvalue weighted by Crippen LogP contribution is 2.45. The Labute approximate surface area is 150 Å². The molecule has 1 unspecified atom stereocenters. The molecular formula is C17H21ClFN5O. The van der Waals surface area contributed by atoms with E-state index < -0.39 is 6.04 Å². The van der Waals surface area contributed by atoms with Gasteiger partial charge in [0.1, 0.15) is 11.9 Å². The zero-order valence-corrected chi connectivity index (χ0v) is 15.4. The second kappa shape index (κ2) is 6.37. The second-order valence-corrected chi connectivity index (χ2v) is 7.87. The molecule has 0 aliphatic heterocycles. The molecule has 0 saturated heterocycles. The minimum absolute atomic E-state index is 0.0965. The molecule has 134 valence electrons. The number of nitrogens with zero attached hydrogens (tertiary/aromatic N) is 4. The van der Waals surface area contributed by atoms with Gasteiger partial charge in [-0.25, -0.2) is 9.07 Å². The van der Waals surface area contributed by atoms with Crippen LogP contribution in [0.2, 0.25) is 5.02 Å². The summed E-state index contributed by atoms with van der Waals surface area (Å²) in [5.41, 5.74) is 0.195. The summed E-state index contributed by atoms with van der Waals surface area (Å²) < 4.78 is 15.5. The summed E-state index contributed by atoms with van der Waals surface area (Å²) in [6.45, 7) is 7.69. The summed E-state index contributed by atoms with van der Waals surface area (Å²) >= 11 is 6.10. The molecule has 1 N–H and O–H groups in total. The van der Waals surface area contributed by atoms with Gasteiger partial charge in [0.05, 0.1) is 0 Å². The van der Waals surface area contributed by atoms with E-state index in [0.717, 1.165) is 0 Å². The Morgan fingerprint density at radius 3 is 2.80 bits per heavy atom. The number of aromatic nitrogens is 4. The average molecular weight is 366 g/mol. The molecule has 1 aromatic carbocycles. The molecule has 6 nitrogen and oxygen atoms in total. The highest BCUT2D eigenvalue weighted by Gasteiger charge is 2.43. The summed E-state index contributed by atoms with van der Waals surface area (Å²) in [6.07, 6.45) is 0.668. The Morgan fingerprint density at radius 2 is 2.16 bits per heavy atom. The molecule has 8 heteroatoms. The predicted octanol–water partition coefficient (Wildman–Crippen LogP) is 3.00. The zero-order valence-electron chi connectivity index (χ0n) is 14.6. The number of nitrogens with one attached hydrogen (secondary N) is 1. The van der Waals surface area contributed by atoms with Crippen LogP contribution >= 0.6 is 11.6 Å². The fourth-order valence-electron chi connectivity index (χ4n) is 2.90. The van der Waals surface area contributed by atoms with Crippen LogP contribution in [0.4, 0.5) is 4.39 Å². The third kappa shape index (κ3) is 3.51. The number of carbonyl (C=O) groups is 1. The molecule has 1 aromatic heterocycles. The van der Waals surface area contributed by atoms with E-state index in [1.165, 1.54) is 10.7 Å². The molecule has 3 atom stereocenters. The van der Waals surface area contributed by atoms with E-state index in [1.807, 2.05) is 20.8 Å². The minimum Gasteiger partial charge on any atom is -0.351 e. The van der Waals surface area contributed by atoms with Crippen molar-refractivity contribution in [2.45, 2.75) is 57.5 Å². The quantitative estimate of drug-likeness (QED) is 0.904. The Bertz CT molecular complexity index is 780. The highest BCUT2D eigenvalue weighted by atomic mass is 35.5. The molecule has 1 amide bonds. The lowest BCUT2D eigenvalue weighted by molar-refractivity contribution is -0.124. The molecule has 1 aliphatic rings. The fraction of sp³-hybridized carbons (Fsp3) is 0.529. The maximum atomic E-state index is 14.0. The molecule has 1 saturated carbocycles. The van der Waals surface area contributed by atoms with Crippen LogP contribution in [0.25, 0.3) is 0 Å². The number of hydrogen-bond donors (Lipinski definition) is 1. The van der Waals surface area contributed by atoms with Gasteiger partial charge in [-0.1, -0.05) is 38.4 Å². The average Bonchev–Trinajstić information content (AvgIpc) is 3.07. The third-order valence-electron chi connectivity index (χ3n) is 4.40. The van der Waals surface area contributed by atoms with Crippen molar-refractivity contribution in [3.63, 3.8) is 0 Å². The van der Waals surface area contributed by atoms with E-state index >= 15 is 0 Å². The molecular weight excluding hydrogens is 345 g/mol. The van der Waals surface area contributed by atoms with Gasteiger partial charge in [-0.2, -0.15) is 0 Å². The van der Waals surface area contributed by atoms with Gasteiger partial charge >= 0.3 is 0 Å². The van der Waals surface area contributed by atoms with Gasteiger partial charge < -0.3 is 5.32 Å². The lowest BCUT2D eigenvalue weighted by Crippen LogP contribution is -2.35. The van der Waals surface area contributed by atoms with Gasteiger partial charge in [-0.05, 0) is 35.9 Å². The predicted molar refractivity (Wildman–Crippen MR) is 91.9 cm³/mol. The first-order valence-corrected chi connectivity index (χ1v) is 8.60. The van der Waals surface area contributed by atoms with Crippen molar-refractivity contribution < 1.29 is 9.18 Å². The van der Waals surface area contributed by atoms with Crippen LogP contribution in [0.15, 0.2) is 18.2 Å². The van der Waals surface area contributed by atoms with E-state index in [-0.39, 0.29) is 29.1 Å².